The van der Waals surface area contributed by atoms with Gasteiger partial charge in [-0.2, -0.15) is 4.98 Å². The SMILES string of the molecule is CCn1c(=O)n(CCCO)c(=O)c2c1nc(Oc1cccc(OC(F)(F)F)c1)n2Cc1ccc(Cl)cc1. The van der Waals surface area contributed by atoms with Crippen LogP contribution in [0.2, 0.25) is 5.02 Å². The van der Waals surface area contributed by atoms with Gasteiger partial charge in [-0.05, 0) is 43.2 Å². The number of rotatable bonds is 9. The summed E-state index contributed by atoms with van der Waals surface area (Å²) in [5, 5.41) is 9.73. The average molecular weight is 539 g/mol. The first kappa shape index (κ1) is 26.3. The Balaban J connectivity index is 1.90. The zero-order chi connectivity index (χ0) is 26.7. The minimum Gasteiger partial charge on any atom is -0.425 e. The Kier molecular flexibility index (Phi) is 7.60. The molecule has 2 aromatic heterocycles. The number of fused-ring (bicyclic) bond motifs is 1. The fraction of sp³-hybridized carbons (Fsp3) is 0.292. The molecule has 9 nitrogen and oxygen atoms in total. The van der Waals surface area contributed by atoms with Crippen LogP contribution in [0.5, 0.6) is 17.5 Å². The molecule has 0 radical (unpaired) electrons. The molecule has 0 atom stereocenters. The van der Waals surface area contributed by atoms with Crippen LogP contribution in [0.25, 0.3) is 11.2 Å². The summed E-state index contributed by atoms with van der Waals surface area (Å²) >= 11 is 5.99. The Hall–Kier alpha value is -3.77. The van der Waals surface area contributed by atoms with Crippen molar-refractivity contribution >= 4 is 22.8 Å². The minimum absolute atomic E-state index is 0.0107. The molecule has 13 heteroatoms. The van der Waals surface area contributed by atoms with Gasteiger partial charge in [-0.15, -0.1) is 13.2 Å². The van der Waals surface area contributed by atoms with Crippen LogP contribution in [-0.2, 0) is 19.6 Å². The van der Waals surface area contributed by atoms with Crippen LogP contribution in [0, 0.1) is 0 Å². The van der Waals surface area contributed by atoms with E-state index in [9.17, 15) is 27.9 Å². The molecule has 1 N–H and O–H groups in total. The third-order valence-corrected chi connectivity index (χ3v) is 5.69. The maximum absolute atomic E-state index is 13.5. The average Bonchev–Trinajstić information content (AvgIpc) is 3.17. The van der Waals surface area contributed by atoms with Crippen molar-refractivity contribution in [3.8, 4) is 17.5 Å². The van der Waals surface area contributed by atoms with Crippen molar-refractivity contribution in [1.29, 1.82) is 0 Å². The van der Waals surface area contributed by atoms with Gasteiger partial charge in [0.1, 0.15) is 11.5 Å². The number of aliphatic hydroxyl groups excluding tert-OH is 1. The van der Waals surface area contributed by atoms with Gasteiger partial charge in [0.25, 0.3) is 5.56 Å². The van der Waals surface area contributed by atoms with Crippen molar-refractivity contribution in [2.45, 2.75) is 39.3 Å². The molecule has 0 aliphatic rings. The highest BCUT2D eigenvalue weighted by atomic mass is 35.5. The van der Waals surface area contributed by atoms with Gasteiger partial charge >= 0.3 is 18.1 Å². The third kappa shape index (κ3) is 5.81. The molecule has 196 valence electrons. The first-order valence-electron chi connectivity index (χ1n) is 11.2. The Labute approximate surface area is 212 Å². The predicted molar refractivity (Wildman–Crippen MR) is 129 cm³/mol. The first-order chi connectivity index (χ1) is 17.6. The molecule has 0 amide bonds. The fourth-order valence-electron chi connectivity index (χ4n) is 3.82. The second-order valence-electron chi connectivity index (χ2n) is 7.96. The van der Waals surface area contributed by atoms with E-state index < -0.39 is 23.4 Å². The van der Waals surface area contributed by atoms with E-state index in [-0.39, 0.29) is 55.6 Å². The second-order valence-corrected chi connectivity index (χ2v) is 8.40. The van der Waals surface area contributed by atoms with Crippen molar-refractivity contribution in [2.75, 3.05) is 6.61 Å². The van der Waals surface area contributed by atoms with Crippen LogP contribution in [0.3, 0.4) is 0 Å². The molecule has 4 rings (SSSR count). The maximum atomic E-state index is 13.5. The minimum atomic E-state index is -4.89. The molecule has 0 saturated carbocycles. The van der Waals surface area contributed by atoms with E-state index in [1.54, 1.807) is 31.2 Å². The van der Waals surface area contributed by atoms with Crippen molar-refractivity contribution in [1.82, 2.24) is 18.7 Å². The highest BCUT2D eigenvalue weighted by Crippen LogP contribution is 2.30. The molecule has 0 spiro atoms. The van der Waals surface area contributed by atoms with E-state index in [1.807, 2.05) is 0 Å². The maximum Gasteiger partial charge on any atom is 0.573 e. The van der Waals surface area contributed by atoms with Crippen LogP contribution < -0.4 is 20.7 Å². The molecule has 0 aliphatic heterocycles. The molecule has 0 saturated heterocycles. The van der Waals surface area contributed by atoms with Gasteiger partial charge < -0.3 is 14.6 Å². The first-order valence-corrected chi connectivity index (χ1v) is 11.6. The molecular formula is C24H22ClF3N4O5. The molecule has 2 heterocycles. The molecule has 0 aliphatic carbocycles. The summed E-state index contributed by atoms with van der Waals surface area (Å²) in [7, 11) is 0. The van der Waals surface area contributed by atoms with Crippen molar-refractivity contribution < 1.29 is 27.8 Å². The van der Waals surface area contributed by atoms with E-state index in [0.717, 1.165) is 22.3 Å². The summed E-state index contributed by atoms with van der Waals surface area (Å²) in [5.74, 6) is -0.525. The monoisotopic (exact) mass is 538 g/mol. The van der Waals surface area contributed by atoms with Crippen molar-refractivity contribution in [2.24, 2.45) is 0 Å². The van der Waals surface area contributed by atoms with Gasteiger partial charge in [-0.1, -0.05) is 29.8 Å². The Morgan fingerprint density at radius 1 is 1.03 bits per heavy atom. The zero-order valence-corrected chi connectivity index (χ0v) is 20.3. The number of aliphatic hydroxyl groups is 1. The molecule has 0 unspecified atom stereocenters. The summed E-state index contributed by atoms with van der Waals surface area (Å²) in [5.41, 5.74) is -0.393. The fourth-order valence-corrected chi connectivity index (χ4v) is 3.94. The Morgan fingerprint density at radius 2 is 1.73 bits per heavy atom. The van der Waals surface area contributed by atoms with Crippen LogP contribution in [0.15, 0.2) is 58.1 Å². The molecule has 37 heavy (non-hydrogen) atoms. The second kappa shape index (κ2) is 10.7. The smallest absolute Gasteiger partial charge is 0.425 e. The third-order valence-electron chi connectivity index (χ3n) is 5.44. The van der Waals surface area contributed by atoms with Gasteiger partial charge in [-0.3, -0.25) is 18.5 Å². The number of alkyl halides is 3. The summed E-state index contributed by atoms with van der Waals surface area (Å²) < 4.78 is 51.6. The lowest BCUT2D eigenvalue weighted by atomic mass is 10.2. The van der Waals surface area contributed by atoms with E-state index in [4.69, 9.17) is 16.3 Å². The summed E-state index contributed by atoms with van der Waals surface area (Å²) in [6, 6.07) is 11.5. The van der Waals surface area contributed by atoms with Gasteiger partial charge in [0, 0.05) is 30.8 Å². The highest BCUT2D eigenvalue weighted by molar-refractivity contribution is 6.30. The largest absolute Gasteiger partial charge is 0.573 e. The lowest BCUT2D eigenvalue weighted by Gasteiger charge is -2.13. The van der Waals surface area contributed by atoms with Crippen molar-refractivity contribution in [3.05, 3.63) is 80.0 Å². The lowest BCUT2D eigenvalue weighted by molar-refractivity contribution is -0.274. The normalized spacial score (nSPS) is 11.7. The number of aryl methyl sites for hydroxylation is 1. The number of nitrogens with zero attached hydrogens (tertiary/aromatic N) is 4. The summed E-state index contributed by atoms with van der Waals surface area (Å²) in [4.78, 5) is 30.9. The van der Waals surface area contributed by atoms with E-state index in [0.29, 0.717) is 5.02 Å². The number of imidazole rings is 1. The highest BCUT2D eigenvalue weighted by Gasteiger charge is 2.31. The van der Waals surface area contributed by atoms with Gasteiger partial charge in [0.05, 0.1) is 6.54 Å². The number of benzene rings is 2. The van der Waals surface area contributed by atoms with Crippen LogP contribution in [-0.4, -0.2) is 36.8 Å². The molecule has 4 aromatic rings. The van der Waals surface area contributed by atoms with Crippen LogP contribution in [0.4, 0.5) is 13.2 Å². The van der Waals surface area contributed by atoms with Gasteiger partial charge in [0.2, 0.25) is 0 Å². The van der Waals surface area contributed by atoms with Gasteiger partial charge in [0.15, 0.2) is 11.2 Å². The van der Waals surface area contributed by atoms with E-state index >= 15 is 0 Å². The quantitative estimate of drug-likeness (QED) is 0.343. The molecular weight excluding hydrogens is 517 g/mol. The van der Waals surface area contributed by atoms with Crippen molar-refractivity contribution in [3.63, 3.8) is 0 Å². The number of hydrogen-bond donors (Lipinski definition) is 1. The predicted octanol–water partition coefficient (Wildman–Crippen LogP) is 4.15. The van der Waals surface area contributed by atoms with Crippen LogP contribution in [0.1, 0.15) is 18.9 Å². The number of hydrogen-bond acceptors (Lipinski definition) is 6. The molecule has 0 bridgehead atoms. The Morgan fingerprint density at radius 3 is 2.38 bits per heavy atom. The lowest BCUT2D eigenvalue weighted by Crippen LogP contribution is -2.40. The molecule has 0 fully saturated rings. The molecule has 2 aromatic carbocycles. The Bertz CT molecular complexity index is 1530. The van der Waals surface area contributed by atoms with Crippen LogP contribution >= 0.6 is 11.6 Å². The standard InChI is InChI=1S/C24H22ClF3N4O5/c1-2-30-20-19(21(34)31(23(30)35)11-4-12-33)32(14-15-7-9-16(25)10-8-15)22(29-20)36-17-5-3-6-18(13-17)37-24(26,27)28/h3,5-10,13,33H,2,4,11-12,14H2,1H3. The number of aromatic nitrogens is 4. The van der Waals surface area contributed by atoms with E-state index in [1.165, 1.54) is 21.3 Å². The summed E-state index contributed by atoms with van der Waals surface area (Å²) in [6.07, 6.45) is -4.71. The summed E-state index contributed by atoms with van der Waals surface area (Å²) in [6.45, 7) is 1.74. The van der Waals surface area contributed by atoms with E-state index in [2.05, 4.69) is 9.72 Å². The topological polar surface area (TPSA) is 101 Å². The zero-order valence-electron chi connectivity index (χ0n) is 19.5. The van der Waals surface area contributed by atoms with Gasteiger partial charge in [-0.25, -0.2) is 4.79 Å². The number of halogens is 4. The number of ether oxygens (including phenoxy) is 2.